The molecule has 182 valence electrons. The maximum atomic E-state index is 13.4. The zero-order valence-corrected chi connectivity index (χ0v) is 19.7. The number of nitrogens with zero attached hydrogens (tertiary/aromatic N) is 1. The molecule has 1 atom stereocenters. The molecule has 3 aromatic rings. The molecule has 0 fully saturated rings. The summed E-state index contributed by atoms with van der Waals surface area (Å²) in [7, 11) is -4.01. The van der Waals surface area contributed by atoms with Crippen molar-refractivity contribution < 1.29 is 27.1 Å². The molecule has 0 aromatic heterocycles. The molecule has 0 saturated heterocycles. The number of carbonyl (C=O) groups is 2. The first-order valence-corrected chi connectivity index (χ1v) is 12.6. The Hall–Kier alpha value is -3.56. The van der Waals surface area contributed by atoms with E-state index in [2.05, 4.69) is 5.32 Å². The molecule has 0 aliphatic carbocycles. The number of fused-ring (bicyclic) bond motifs is 1. The average molecular weight is 497 g/mol. The van der Waals surface area contributed by atoms with Crippen molar-refractivity contribution >= 4 is 21.9 Å². The largest absolute Gasteiger partial charge is 0.456 e. The number of ether oxygens (including phenoxy) is 1. The van der Waals surface area contributed by atoms with E-state index in [1.165, 1.54) is 16.4 Å². The molecule has 0 bridgehead atoms. The predicted octanol–water partition coefficient (Wildman–Crippen LogP) is 3.36. The fraction of sp³-hybridized carbons (Fsp3) is 0.231. The number of carbonyl (C=O) groups excluding carboxylic acids is 2. The Bertz CT molecular complexity index is 1300. The molecule has 0 saturated carbocycles. The summed E-state index contributed by atoms with van der Waals surface area (Å²) in [6.45, 7) is -0.00606. The molecule has 4 rings (SSSR count). The quantitative estimate of drug-likeness (QED) is 0.483. The van der Waals surface area contributed by atoms with Crippen molar-refractivity contribution in [3.8, 4) is 0 Å². The second-order valence-corrected chi connectivity index (χ2v) is 10.1. The maximum Gasteiger partial charge on any atom is 0.308 e. The lowest BCUT2D eigenvalue weighted by Crippen LogP contribution is -2.41. The van der Waals surface area contributed by atoms with E-state index in [0.717, 1.165) is 23.3 Å². The lowest BCUT2D eigenvalue weighted by molar-refractivity contribution is -0.149. The molecule has 9 heteroatoms. The summed E-state index contributed by atoms with van der Waals surface area (Å²) in [6, 6.07) is 20.4. The second kappa shape index (κ2) is 10.8. The molecule has 3 aromatic carbocycles. The average Bonchev–Trinajstić information content (AvgIpc) is 2.87. The van der Waals surface area contributed by atoms with E-state index in [0.29, 0.717) is 18.5 Å². The van der Waals surface area contributed by atoms with Gasteiger partial charge in [0.2, 0.25) is 10.0 Å². The maximum absolute atomic E-state index is 13.4. The Morgan fingerprint density at radius 3 is 2.40 bits per heavy atom. The summed E-state index contributed by atoms with van der Waals surface area (Å²) in [5, 5.41) is 2.68. The SMILES string of the molecule is O=C(COC(=O)C[C@H]1c2ccccc2CCN1S(=O)(=O)c1ccc(F)cc1)NCc1ccccc1. The van der Waals surface area contributed by atoms with Crippen LogP contribution < -0.4 is 5.32 Å². The topological polar surface area (TPSA) is 92.8 Å². The summed E-state index contributed by atoms with van der Waals surface area (Å²) in [6.07, 6.45) is 0.216. The van der Waals surface area contributed by atoms with E-state index in [9.17, 15) is 22.4 Å². The molecule has 1 N–H and O–H groups in total. The Morgan fingerprint density at radius 1 is 0.971 bits per heavy atom. The number of hydrogen-bond donors (Lipinski definition) is 1. The molecular formula is C26H25FN2O5S. The van der Waals surface area contributed by atoms with Crippen molar-refractivity contribution in [2.45, 2.75) is 30.3 Å². The Balaban J connectivity index is 1.46. The number of hydrogen-bond acceptors (Lipinski definition) is 5. The highest BCUT2D eigenvalue weighted by atomic mass is 32.2. The number of halogens is 1. The Kier molecular flexibility index (Phi) is 7.57. The van der Waals surface area contributed by atoms with Gasteiger partial charge in [-0.25, -0.2) is 12.8 Å². The fourth-order valence-electron chi connectivity index (χ4n) is 4.08. The van der Waals surface area contributed by atoms with Crippen LogP contribution >= 0.6 is 0 Å². The van der Waals surface area contributed by atoms with Gasteiger partial charge in [0.15, 0.2) is 6.61 Å². The number of esters is 1. The fourth-order valence-corrected chi connectivity index (χ4v) is 5.69. The van der Waals surface area contributed by atoms with Gasteiger partial charge in [-0.05, 0) is 47.4 Å². The summed E-state index contributed by atoms with van der Waals surface area (Å²) >= 11 is 0. The van der Waals surface area contributed by atoms with Crippen LogP contribution in [0.3, 0.4) is 0 Å². The van der Waals surface area contributed by atoms with Crippen LogP contribution in [-0.4, -0.2) is 37.8 Å². The molecule has 0 unspecified atom stereocenters. The van der Waals surface area contributed by atoms with Crippen LogP contribution in [0.25, 0.3) is 0 Å². The summed E-state index contributed by atoms with van der Waals surface area (Å²) in [5.74, 6) is -1.69. The zero-order valence-electron chi connectivity index (χ0n) is 18.9. The first kappa shape index (κ1) is 24.6. The van der Waals surface area contributed by atoms with Crippen LogP contribution in [0.2, 0.25) is 0 Å². The second-order valence-electron chi connectivity index (χ2n) is 8.16. The van der Waals surface area contributed by atoms with Crippen LogP contribution in [0.4, 0.5) is 4.39 Å². The Morgan fingerprint density at radius 2 is 1.66 bits per heavy atom. The number of sulfonamides is 1. The minimum atomic E-state index is -4.01. The van der Waals surface area contributed by atoms with Crippen LogP contribution in [0.1, 0.15) is 29.2 Å². The van der Waals surface area contributed by atoms with Crippen LogP contribution in [-0.2, 0) is 37.3 Å². The third kappa shape index (κ3) is 5.93. The number of amides is 1. The van der Waals surface area contributed by atoms with Gasteiger partial charge in [0, 0.05) is 13.1 Å². The van der Waals surface area contributed by atoms with Gasteiger partial charge in [-0.2, -0.15) is 4.31 Å². The lowest BCUT2D eigenvalue weighted by Gasteiger charge is -2.36. The number of nitrogens with one attached hydrogen (secondary N) is 1. The highest BCUT2D eigenvalue weighted by Gasteiger charge is 2.37. The van der Waals surface area contributed by atoms with E-state index < -0.39 is 40.4 Å². The highest BCUT2D eigenvalue weighted by molar-refractivity contribution is 7.89. The molecule has 35 heavy (non-hydrogen) atoms. The van der Waals surface area contributed by atoms with E-state index in [1.807, 2.05) is 42.5 Å². The first-order chi connectivity index (χ1) is 16.8. The monoisotopic (exact) mass is 496 g/mol. The minimum absolute atomic E-state index is 0.0584. The van der Waals surface area contributed by atoms with E-state index in [-0.39, 0.29) is 17.9 Å². The molecule has 0 spiro atoms. The first-order valence-electron chi connectivity index (χ1n) is 11.2. The van der Waals surface area contributed by atoms with Crippen molar-refractivity contribution in [3.05, 3.63) is 101 Å². The van der Waals surface area contributed by atoms with Gasteiger partial charge in [-0.15, -0.1) is 0 Å². The molecular weight excluding hydrogens is 471 g/mol. The van der Waals surface area contributed by atoms with Gasteiger partial charge in [0.1, 0.15) is 5.82 Å². The van der Waals surface area contributed by atoms with Crippen molar-refractivity contribution in [2.75, 3.05) is 13.2 Å². The Labute approximate surface area is 203 Å². The van der Waals surface area contributed by atoms with Crippen molar-refractivity contribution in [2.24, 2.45) is 0 Å². The lowest BCUT2D eigenvalue weighted by atomic mass is 9.92. The van der Waals surface area contributed by atoms with Gasteiger partial charge >= 0.3 is 5.97 Å². The number of benzene rings is 3. The normalized spacial score (nSPS) is 15.7. The van der Waals surface area contributed by atoms with Gasteiger partial charge in [-0.3, -0.25) is 9.59 Å². The molecule has 1 heterocycles. The molecule has 1 amide bonds. The smallest absolute Gasteiger partial charge is 0.308 e. The summed E-state index contributed by atoms with van der Waals surface area (Å²) in [4.78, 5) is 24.7. The summed E-state index contributed by atoms with van der Waals surface area (Å²) in [5.41, 5.74) is 2.55. The number of rotatable bonds is 8. The van der Waals surface area contributed by atoms with E-state index in [1.54, 1.807) is 12.1 Å². The predicted molar refractivity (Wildman–Crippen MR) is 127 cm³/mol. The molecule has 0 radical (unpaired) electrons. The van der Waals surface area contributed by atoms with Crippen LogP contribution in [0, 0.1) is 5.82 Å². The standard InChI is InChI=1S/C26H25FN2O5S/c27-21-10-12-22(13-11-21)35(32,33)29-15-14-20-8-4-5-9-23(20)24(29)16-26(31)34-18-25(30)28-17-19-6-2-1-3-7-19/h1-13,24H,14-18H2,(H,28,30)/t24-/m0/s1. The van der Waals surface area contributed by atoms with E-state index >= 15 is 0 Å². The third-order valence-corrected chi connectivity index (χ3v) is 7.76. The zero-order chi connectivity index (χ0) is 24.8. The molecule has 1 aliphatic rings. The molecule has 1 aliphatic heterocycles. The van der Waals surface area contributed by atoms with Gasteiger partial charge in [0.05, 0.1) is 17.4 Å². The van der Waals surface area contributed by atoms with Crippen LogP contribution in [0.5, 0.6) is 0 Å². The van der Waals surface area contributed by atoms with Gasteiger partial charge < -0.3 is 10.1 Å². The van der Waals surface area contributed by atoms with Crippen molar-refractivity contribution in [1.82, 2.24) is 9.62 Å². The minimum Gasteiger partial charge on any atom is -0.456 e. The molecule has 7 nitrogen and oxygen atoms in total. The van der Waals surface area contributed by atoms with Crippen LogP contribution in [0.15, 0.2) is 83.8 Å². The van der Waals surface area contributed by atoms with Gasteiger partial charge in [0.25, 0.3) is 5.91 Å². The van der Waals surface area contributed by atoms with E-state index in [4.69, 9.17) is 4.74 Å². The van der Waals surface area contributed by atoms with Crippen molar-refractivity contribution in [3.63, 3.8) is 0 Å². The van der Waals surface area contributed by atoms with Gasteiger partial charge in [-0.1, -0.05) is 54.6 Å². The van der Waals surface area contributed by atoms with Crippen molar-refractivity contribution in [1.29, 1.82) is 0 Å². The third-order valence-electron chi connectivity index (χ3n) is 5.84. The summed E-state index contributed by atoms with van der Waals surface area (Å²) < 4.78 is 46.5. The highest BCUT2D eigenvalue weighted by Crippen LogP contribution is 2.36.